The lowest BCUT2D eigenvalue weighted by molar-refractivity contribution is -0.143. The molecule has 2 N–H and O–H groups in total. The fourth-order valence-corrected chi connectivity index (χ4v) is 5.99. The molecular weight excluding hydrogens is 450 g/mol. The van der Waals surface area contributed by atoms with Gasteiger partial charge in [-0.15, -0.1) is 11.3 Å². The number of fused-ring (bicyclic) bond motifs is 4. The first-order valence-corrected chi connectivity index (χ1v) is 11.9. The van der Waals surface area contributed by atoms with Gasteiger partial charge in [-0.3, -0.25) is 4.90 Å². The van der Waals surface area contributed by atoms with Crippen molar-refractivity contribution >= 4 is 23.4 Å². The zero-order valence-electron chi connectivity index (χ0n) is 18.0. The van der Waals surface area contributed by atoms with Gasteiger partial charge in [-0.2, -0.15) is 0 Å². The number of carboxylic acids is 1. The van der Waals surface area contributed by atoms with Crippen LogP contribution in [0.2, 0.25) is 0 Å². The van der Waals surface area contributed by atoms with Crippen LogP contribution < -0.4 is 0 Å². The molecule has 0 fully saturated rings. The molecule has 2 aromatic carbocycles. The molecule has 0 unspecified atom stereocenters. The quantitative estimate of drug-likeness (QED) is 0.445. The van der Waals surface area contributed by atoms with E-state index in [1.165, 1.54) is 16.2 Å². The standard InChI is InChI=1S/C26H21N3O4S/c30-25(31)21-12-20-23(28-14-27-20)24(22-10-5-11-34-22)29(21)26(32)33-13-19-17-8-3-1-6-15(17)16-7-2-4-9-18(16)19/h1-11,14,19,21,24H,12-13H2,(H,27,28)(H,30,31)/t21-,24-/m0/s1. The summed E-state index contributed by atoms with van der Waals surface area (Å²) in [6.07, 6.45) is 1.05. The van der Waals surface area contributed by atoms with Crippen molar-refractivity contribution in [2.45, 2.75) is 24.4 Å². The Bertz CT molecular complexity index is 1330. The predicted octanol–water partition coefficient (Wildman–Crippen LogP) is 4.82. The molecule has 0 bridgehead atoms. The Morgan fingerprint density at radius 3 is 2.41 bits per heavy atom. The highest BCUT2D eigenvalue weighted by molar-refractivity contribution is 7.10. The maximum atomic E-state index is 13.5. The van der Waals surface area contributed by atoms with Gasteiger partial charge in [-0.1, -0.05) is 54.6 Å². The number of thiophene rings is 1. The third kappa shape index (κ3) is 3.21. The van der Waals surface area contributed by atoms with Crippen molar-refractivity contribution in [2.75, 3.05) is 6.61 Å². The number of carbonyl (C=O) groups excluding carboxylic acids is 1. The Hall–Kier alpha value is -3.91. The monoisotopic (exact) mass is 471 g/mol. The number of aromatic nitrogens is 2. The summed E-state index contributed by atoms with van der Waals surface area (Å²) in [4.78, 5) is 35.4. The Morgan fingerprint density at radius 1 is 1.06 bits per heavy atom. The summed E-state index contributed by atoms with van der Waals surface area (Å²) in [5.74, 6) is -1.18. The number of hydrogen-bond donors (Lipinski definition) is 2. The first-order valence-electron chi connectivity index (χ1n) is 11.0. The van der Waals surface area contributed by atoms with E-state index in [-0.39, 0.29) is 18.9 Å². The molecule has 1 amide bonds. The summed E-state index contributed by atoms with van der Waals surface area (Å²) in [7, 11) is 0. The van der Waals surface area contributed by atoms with Crippen molar-refractivity contribution in [3.05, 3.63) is 99.8 Å². The van der Waals surface area contributed by atoms with Gasteiger partial charge in [0.15, 0.2) is 0 Å². The molecule has 0 radical (unpaired) electrons. The van der Waals surface area contributed by atoms with Crippen molar-refractivity contribution in [3.8, 4) is 11.1 Å². The highest BCUT2D eigenvalue weighted by atomic mass is 32.1. The van der Waals surface area contributed by atoms with Crippen LogP contribution in [0.25, 0.3) is 11.1 Å². The molecule has 170 valence electrons. The summed E-state index contributed by atoms with van der Waals surface area (Å²) in [5, 5.41) is 11.9. The molecule has 8 heteroatoms. The van der Waals surface area contributed by atoms with Crippen LogP contribution in [0.5, 0.6) is 0 Å². The van der Waals surface area contributed by atoms with Crippen LogP contribution in [0.4, 0.5) is 4.79 Å². The molecule has 2 atom stereocenters. The lowest BCUT2D eigenvalue weighted by Crippen LogP contribution is -2.51. The van der Waals surface area contributed by atoms with E-state index in [1.54, 1.807) is 6.33 Å². The van der Waals surface area contributed by atoms with Gasteiger partial charge < -0.3 is 14.8 Å². The SMILES string of the molecule is O=C(O)[C@@H]1Cc2[nH]cnc2[C@H](c2cccs2)N1C(=O)OCC1c2ccccc2-c2ccccc21. The average molecular weight is 472 g/mol. The first kappa shape index (κ1) is 20.7. The van der Waals surface area contributed by atoms with Gasteiger partial charge in [0, 0.05) is 22.9 Å². The lowest BCUT2D eigenvalue weighted by atomic mass is 9.95. The van der Waals surface area contributed by atoms with Crippen molar-refractivity contribution in [1.29, 1.82) is 0 Å². The summed E-state index contributed by atoms with van der Waals surface area (Å²) in [6, 6.07) is 18.3. The van der Waals surface area contributed by atoms with E-state index in [4.69, 9.17) is 4.74 Å². The third-order valence-electron chi connectivity index (χ3n) is 6.67. The largest absolute Gasteiger partial charge is 0.480 e. The summed E-state index contributed by atoms with van der Waals surface area (Å²) in [5.41, 5.74) is 5.88. The number of aliphatic carboxylic acids is 1. The topological polar surface area (TPSA) is 95.5 Å². The molecule has 0 spiro atoms. The lowest BCUT2D eigenvalue weighted by Gasteiger charge is -2.38. The van der Waals surface area contributed by atoms with E-state index in [1.807, 2.05) is 41.8 Å². The number of hydrogen-bond acceptors (Lipinski definition) is 5. The molecule has 1 aliphatic carbocycles. The van der Waals surface area contributed by atoms with E-state index in [0.717, 1.165) is 32.8 Å². The van der Waals surface area contributed by atoms with Crippen molar-refractivity contribution < 1.29 is 19.4 Å². The molecule has 34 heavy (non-hydrogen) atoms. The molecule has 6 rings (SSSR count). The summed E-state index contributed by atoms with van der Waals surface area (Å²) < 4.78 is 5.87. The van der Waals surface area contributed by atoms with E-state index in [9.17, 15) is 14.7 Å². The first-order chi connectivity index (χ1) is 16.6. The number of nitrogens with zero attached hydrogens (tertiary/aromatic N) is 2. The molecule has 0 saturated heterocycles. The second-order valence-electron chi connectivity index (χ2n) is 8.45. The highest BCUT2D eigenvalue weighted by Gasteiger charge is 2.45. The van der Waals surface area contributed by atoms with Gasteiger partial charge in [0.1, 0.15) is 18.7 Å². The molecule has 0 saturated carbocycles. The maximum Gasteiger partial charge on any atom is 0.411 e. The minimum atomic E-state index is -1.07. The Kier molecular flexibility index (Phi) is 4.95. The number of benzene rings is 2. The van der Waals surface area contributed by atoms with Gasteiger partial charge in [0.25, 0.3) is 0 Å². The predicted molar refractivity (Wildman–Crippen MR) is 127 cm³/mol. The van der Waals surface area contributed by atoms with Crippen LogP contribution in [0, 0.1) is 0 Å². The second kappa shape index (κ2) is 8.14. The molecule has 1 aliphatic heterocycles. The van der Waals surface area contributed by atoms with Crippen LogP contribution in [0.15, 0.2) is 72.4 Å². The number of ether oxygens (including phenoxy) is 1. The third-order valence-corrected chi connectivity index (χ3v) is 7.59. The van der Waals surface area contributed by atoms with Gasteiger partial charge in [0.05, 0.1) is 12.0 Å². The van der Waals surface area contributed by atoms with E-state index < -0.39 is 24.1 Å². The number of nitrogens with one attached hydrogen (secondary N) is 1. The number of H-pyrrole nitrogens is 1. The van der Waals surface area contributed by atoms with Crippen molar-refractivity contribution in [2.24, 2.45) is 0 Å². The molecule has 3 heterocycles. The van der Waals surface area contributed by atoms with Crippen LogP contribution in [-0.2, 0) is 16.0 Å². The second-order valence-corrected chi connectivity index (χ2v) is 9.43. The maximum absolute atomic E-state index is 13.5. The van der Waals surface area contributed by atoms with E-state index in [2.05, 4.69) is 34.2 Å². The van der Waals surface area contributed by atoms with Gasteiger partial charge in [0.2, 0.25) is 0 Å². The minimum Gasteiger partial charge on any atom is -0.480 e. The molecule has 2 aromatic heterocycles. The van der Waals surface area contributed by atoms with Gasteiger partial charge in [-0.05, 0) is 33.7 Å². The normalized spacial score (nSPS) is 18.8. The fourth-order valence-electron chi connectivity index (χ4n) is 5.16. The molecular formula is C26H21N3O4S. The Labute approximate surface area is 199 Å². The number of aromatic amines is 1. The smallest absolute Gasteiger partial charge is 0.411 e. The van der Waals surface area contributed by atoms with E-state index in [0.29, 0.717) is 5.69 Å². The molecule has 7 nitrogen and oxygen atoms in total. The zero-order valence-corrected chi connectivity index (χ0v) is 18.9. The molecule has 2 aliphatic rings. The highest BCUT2D eigenvalue weighted by Crippen LogP contribution is 2.45. The van der Waals surface area contributed by atoms with Crippen molar-refractivity contribution in [1.82, 2.24) is 14.9 Å². The number of carbonyl (C=O) groups is 2. The van der Waals surface area contributed by atoms with Crippen LogP contribution in [0.3, 0.4) is 0 Å². The summed E-state index contributed by atoms with van der Waals surface area (Å²) in [6.45, 7) is 0.125. The fraction of sp³-hybridized carbons (Fsp3) is 0.192. The van der Waals surface area contributed by atoms with Gasteiger partial charge in [-0.25, -0.2) is 14.6 Å². The minimum absolute atomic E-state index is 0.106. The van der Waals surface area contributed by atoms with Crippen LogP contribution in [0.1, 0.15) is 39.4 Å². The number of rotatable bonds is 4. The Balaban J connectivity index is 1.33. The average Bonchev–Trinajstić information content (AvgIpc) is 3.60. The number of amides is 1. The number of imidazole rings is 1. The van der Waals surface area contributed by atoms with Gasteiger partial charge >= 0.3 is 12.1 Å². The van der Waals surface area contributed by atoms with Crippen molar-refractivity contribution in [3.63, 3.8) is 0 Å². The zero-order chi connectivity index (χ0) is 23.2. The van der Waals surface area contributed by atoms with Crippen LogP contribution >= 0.6 is 11.3 Å². The number of carboxylic acid groups (broad SMARTS) is 1. The van der Waals surface area contributed by atoms with Crippen LogP contribution in [-0.4, -0.2) is 44.7 Å². The van der Waals surface area contributed by atoms with E-state index >= 15 is 0 Å². The molecule has 4 aromatic rings. The Morgan fingerprint density at radius 2 is 1.76 bits per heavy atom. The summed E-state index contributed by atoms with van der Waals surface area (Å²) >= 11 is 1.46.